The number of aliphatic carboxylic acids is 1. The molecule has 0 saturated heterocycles. The van der Waals surface area contributed by atoms with E-state index >= 15 is 0 Å². The topological polar surface area (TPSA) is 40.5 Å². The molecule has 100 valence electrons. The summed E-state index contributed by atoms with van der Waals surface area (Å²) in [6.45, 7) is 5.26. The Balaban J connectivity index is 2.79. The number of nitrogens with zero attached hydrogens (tertiary/aromatic N) is 1. The van der Waals surface area contributed by atoms with Gasteiger partial charge in [-0.05, 0) is 37.2 Å². The quantitative estimate of drug-likeness (QED) is 0.868. The number of carboxylic acids is 1. The van der Waals surface area contributed by atoms with Gasteiger partial charge >= 0.3 is 5.97 Å². The van der Waals surface area contributed by atoms with Crippen LogP contribution in [0.3, 0.4) is 0 Å². The Labute approximate surface area is 117 Å². The maximum Gasteiger partial charge on any atom is 0.304 e. The highest BCUT2D eigenvalue weighted by Crippen LogP contribution is 2.23. The molecule has 0 aliphatic rings. The molecule has 0 aliphatic carbocycles. The van der Waals surface area contributed by atoms with Crippen LogP contribution in [0, 0.1) is 0 Å². The summed E-state index contributed by atoms with van der Waals surface area (Å²) in [6.07, 6.45) is 0.117. The van der Waals surface area contributed by atoms with Gasteiger partial charge in [-0.2, -0.15) is 0 Å². The van der Waals surface area contributed by atoms with Crippen LogP contribution in [-0.2, 0) is 11.3 Å². The maximum absolute atomic E-state index is 10.7. The zero-order valence-electron chi connectivity index (χ0n) is 10.5. The fourth-order valence-corrected chi connectivity index (χ4v) is 2.22. The van der Waals surface area contributed by atoms with Crippen molar-refractivity contribution in [3.63, 3.8) is 0 Å². The molecule has 0 saturated carbocycles. The molecule has 3 nitrogen and oxygen atoms in total. The predicted octanol–water partition coefficient (Wildman–Crippen LogP) is 3.68. The van der Waals surface area contributed by atoms with Crippen LogP contribution in [-0.4, -0.2) is 28.6 Å². The van der Waals surface area contributed by atoms with E-state index in [1.165, 1.54) is 0 Å². The maximum atomic E-state index is 10.7. The van der Waals surface area contributed by atoms with Crippen molar-refractivity contribution in [3.05, 3.63) is 33.8 Å². The lowest BCUT2D eigenvalue weighted by atomic mass is 10.1. The second-order valence-corrected chi connectivity index (χ2v) is 5.09. The van der Waals surface area contributed by atoms with Crippen molar-refractivity contribution in [2.45, 2.75) is 32.9 Å². The highest BCUT2D eigenvalue weighted by molar-refractivity contribution is 6.33. The summed E-state index contributed by atoms with van der Waals surface area (Å²) < 4.78 is 0. The summed E-state index contributed by atoms with van der Waals surface area (Å²) in [5.74, 6) is -0.793. The van der Waals surface area contributed by atoms with E-state index in [9.17, 15) is 4.79 Å². The zero-order valence-corrected chi connectivity index (χ0v) is 12.0. The first-order chi connectivity index (χ1) is 8.43. The predicted molar refractivity (Wildman–Crippen MR) is 74.3 cm³/mol. The van der Waals surface area contributed by atoms with Gasteiger partial charge in [-0.25, -0.2) is 0 Å². The van der Waals surface area contributed by atoms with Crippen molar-refractivity contribution < 1.29 is 9.90 Å². The summed E-state index contributed by atoms with van der Waals surface area (Å²) in [7, 11) is 0. The largest absolute Gasteiger partial charge is 0.481 e. The average molecular weight is 290 g/mol. The fraction of sp³-hybridized carbons (Fsp3) is 0.462. The fourth-order valence-electron chi connectivity index (χ4n) is 1.84. The summed E-state index contributed by atoms with van der Waals surface area (Å²) in [5, 5.41) is 10.1. The second-order valence-electron chi connectivity index (χ2n) is 4.25. The van der Waals surface area contributed by atoms with Gasteiger partial charge in [0.1, 0.15) is 0 Å². The molecule has 0 heterocycles. The molecule has 0 bridgehead atoms. The number of carboxylic acid groups (broad SMARTS) is 1. The van der Waals surface area contributed by atoms with Crippen molar-refractivity contribution in [3.8, 4) is 0 Å². The number of benzene rings is 1. The Hall–Kier alpha value is -0.770. The lowest BCUT2D eigenvalue weighted by molar-refractivity contribution is -0.138. The molecular weight excluding hydrogens is 273 g/mol. The Bertz CT molecular complexity index is 423. The molecule has 0 amide bonds. The van der Waals surface area contributed by atoms with Crippen LogP contribution in [0.4, 0.5) is 0 Å². The molecule has 0 radical (unpaired) electrons. The summed E-state index contributed by atoms with van der Waals surface area (Å²) in [4.78, 5) is 12.8. The first-order valence-corrected chi connectivity index (χ1v) is 6.59. The molecule has 5 heteroatoms. The highest BCUT2D eigenvalue weighted by atomic mass is 35.5. The molecule has 0 spiro atoms. The van der Waals surface area contributed by atoms with Crippen LogP contribution in [0.2, 0.25) is 10.0 Å². The molecule has 18 heavy (non-hydrogen) atoms. The van der Waals surface area contributed by atoms with Crippen molar-refractivity contribution in [2.24, 2.45) is 0 Å². The van der Waals surface area contributed by atoms with E-state index in [-0.39, 0.29) is 12.5 Å². The van der Waals surface area contributed by atoms with E-state index in [0.717, 1.165) is 12.1 Å². The lowest BCUT2D eigenvalue weighted by Crippen LogP contribution is -2.34. The molecule has 0 fully saturated rings. The first-order valence-electron chi connectivity index (χ1n) is 5.83. The number of rotatable bonds is 6. The average Bonchev–Trinajstić information content (AvgIpc) is 2.29. The summed E-state index contributed by atoms with van der Waals surface area (Å²) >= 11 is 12.0. The molecule has 0 aromatic heterocycles. The van der Waals surface area contributed by atoms with Gasteiger partial charge in [0.15, 0.2) is 0 Å². The van der Waals surface area contributed by atoms with E-state index in [0.29, 0.717) is 16.6 Å². The minimum absolute atomic E-state index is 0.0393. The van der Waals surface area contributed by atoms with Crippen LogP contribution >= 0.6 is 23.2 Å². The van der Waals surface area contributed by atoms with Gasteiger partial charge in [-0.1, -0.05) is 30.1 Å². The minimum atomic E-state index is -0.793. The monoisotopic (exact) mass is 289 g/mol. The van der Waals surface area contributed by atoms with E-state index < -0.39 is 5.97 Å². The van der Waals surface area contributed by atoms with Crippen LogP contribution in [0.1, 0.15) is 25.8 Å². The smallest absolute Gasteiger partial charge is 0.304 e. The molecule has 1 atom stereocenters. The molecule has 1 rings (SSSR count). The number of hydrogen-bond acceptors (Lipinski definition) is 2. The van der Waals surface area contributed by atoms with Gasteiger partial charge in [0.25, 0.3) is 0 Å². The first kappa shape index (κ1) is 15.3. The standard InChI is InChI=1S/C13H17Cl2NO2/c1-3-16(9(2)6-13(17)18)8-10-7-11(14)4-5-12(10)15/h4-5,7,9H,3,6,8H2,1-2H3,(H,17,18). The van der Waals surface area contributed by atoms with Gasteiger partial charge < -0.3 is 5.11 Å². The van der Waals surface area contributed by atoms with Gasteiger partial charge in [0.2, 0.25) is 0 Å². The van der Waals surface area contributed by atoms with Crippen LogP contribution < -0.4 is 0 Å². The van der Waals surface area contributed by atoms with E-state index in [1.54, 1.807) is 12.1 Å². The van der Waals surface area contributed by atoms with Crippen LogP contribution in [0.5, 0.6) is 0 Å². The Morgan fingerprint density at radius 1 is 1.44 bits per heavy atom. The highest BCUT2D eigenvalue weighted by Gasteiger charge is 2.16. The zero-order chi connectivity index (χ0) is 13.7. The lowest BCUT2D eigenvalue weighted by Gasteiger charge is -2.27. The van der Waals surface area contributed by atoms with Gasteiger partial charge in [0, 0.05) is 22.6 Å². The Kier molecular flexibility index (Phi) is 5.93. The molecule has 1 aromatic carbocycles. The van der Waals surface area contributed by atoms with Crippen molar-refractivity contribution in [1.82, 2.24) is 4.90 Å². The number of halogens is 2. The van der Waals surface area contributed by atoms with Crippen LogP contribution in [0.25, 0.3) is 0 Å². The van der Waals surface area contributed by atoms with Crippen LogP contribution in [0.15, 0.2) is 18.2 Å². The minimum Gasteiger partial charge on any atom is -0.481 e. The SMILES string of the molecule is CCN(Cc1cc(Cl)ccc1Cl)C(C)CC(=O)O. The molecule has 1 unspecified atom stereocenters. The normalized spacial score (nSPS) is 12.7. The Morgan fingerprint density at radius 2 is 2.11 bits per heavy atom. The van der Waals surface area contributed by atoms with E-state index in [4.69, 9.17) is 28.3 Å². The van der Waals surface area contributed by atoms with Gasteiger partial charge in [-0.15, -0.1) is 0 Å². The Morgan fingerprint density at radius 3 is 2.67 bits per heavy atom. The molecule has 1 N–H and O–H groups in total. The summed E-state index contributed by atoms with van der Waals surface area (Å²) in [5.41, 5.74) is 0.920. The van der Waals surface area contributed by atoms with Crippen molar-refractivity contribution in [1.29, 1.82) is 0 Å². The van der Waals surface area contributed by atoms with Gasteiger partial charge in [-0.3, -0.25) is 9.69 Å². The van der Waals surface area contributed by atoms with E-state index in [1.807, 2.05) is 19.9 Å². The third-order valence-corrected chi connectivity index (χ3v) is 3.48. The molecule has 1 aromatic rings. The number of carbonyl (C=O) groups is 1. The van der Waals surface area contributed by atoms with Crippen molar-refractivity contribution in [2.75, 3.05) is 6.54 Å². The third kappa shape index (κ3) is 4.48. The van der Waals surface area contributed by atoms with Crippen molar-refractivity contribution >= 4 is 29.2 Å². The van der Waals surface area contributed by atoms with Gasteiger partial charge in [0.05, 0.1) is 6.42 Å². The van der Waals surface area contributed by atoms with E-state index in [2.05, 4.69) is 4.90 Å². The number of hydrogen-bond donors (Lipinski definition) is 1. The molecular formula is C13H17Cl2NO2. The molecule has 0 aliphatic heterocycles. The summed E-state index contributed by atoms with van der Waals surface area (Å²) in [6, 6.07) is 5.28. The third-order valence-electron chi connectivity index (χ3n) is 2.88. The second kappa shape index (κ2) is 6.98.